The zero-order chi connectivity index (χ0) is 21.6. The van der Waals surface area contributed by atoms with Crippen LogP contribution in [0.1, 0.15) is 19.3 Å². The summed E-state index contributed by atoms with van der Waals surface area (Å²) in [4.78, 5) is 0. The minimum Gasteiger partial charge on any atom is -0.394 e. The second kappa shape index (κ2) is 11.8. The monoisotopic (exact) mass is 427 g/mol. The number of hydrogen-bond donors (Lipinski definition) is 8. The van der Waals surface area contributed by atoms with Crippen molar-refractivity contribution < 1.29 is 54.7 Å². The summed E-state index contributed by atoms with van der Waals surface area (Å²) >= 11 is 0. The molecule has 0 unspecified atom stereocenters. The molecule has 2 heterocycles. The Hall–Kier alpha value is -0.480. The Balaban J connectivity index is 1.98. The highest BCUT2D eigenvalue weighted by Gasteiger charge is 2.50. The molecule has 2 aliphatic rings. The lowest BCUT2D eigenvalue weighted by Gasteiger charge is -2.45. The number of ether oxygens (including phenoxy) is 4. The summed E-state index contributed by atoms with van der Waals surface area (Å²) < 4.78 is 21.6. The molecule has 0 spiro atoms. The van der Waals surface area contributed by atoms with Gasteiger partial charge in [-0.1, -0.05) is 0 Å². The highest BCUT2D eigenvalue weighted by Crippen LogP contribution is 2.29. The smallest absolute Gasteiger partial charge is 0.187 e. The van der Waals surface area contributed by atoms with Gasteiger partial charge in [0, 0.05) is 6.61 Å². The Bertz CT molecular complexity index is 469. The predicted octanol–water partition coefficient (Wildman–Crippen LogP) is -4.24. The number of nitrogens with two attached hydrogens (primary N) is 1. The van der Waals surface area contributed by atoms with Crippen LogP contribution in [0.5, 0.6) is 0 Å². The van der Waals surface area contributed by atoms with Crippen LogP contribution >= 0.6 is 0 Å². The lowest BCUT2D eigenvalue weighted by molar-refractivity contribution is -0.359. The molecule has 12 heteroatoms. The van der Waals surface area contributed by atoms with Crippen LogP contribution in [0.25, 0.3) is 0 Å². The predicted molar refractivity (Wildman–Crippen MR) is 95.3 cm³/mol. The first-order valence-corrected chi connectivity index (χ1v) is 9.75. The third-order valence-electron chi connectivity index (χ3n) is 5.09. The average Bonchev–Trinajstić information content (AvgIpc) is 2.72. The molecular weight excluding hydrogens is 394 g/mol. The maximum absolute atomic E-state index is 10.4. The van der Waals surface area contributed by atoms with Crippen molar-refractivity contribution in [1.82, 2.24) is 0 Å². The lowest BCUT2D eigenvalue weighted by atomic mass is 9.97. The summed E-state index contributed by atoms with van der Waals surface area (Å²) in [7, 11) is 0. The Morgan fingerprint density at radius 2 is 1.31 bits per heavy atom. The number of rotatable bonds is 10. The van der Waals surface area contributed by atoms with Gasteiger partial charge in [0.25, 0.3) is 0 Å². The molecular formula is C17H33NO11. The van der Waals surface area contributed by atoms with Gasteiger partial charge in [-0.15, -0.1) is 0 Å². The van der Waals surface area contributed by atoms with E-state index in [1.165, 1.54) is 0 Å². The summed E-state index contributed by atoms with van der Waals surface area (Å²) in [5.41, 5.74) is 5.41. The van der Waals surface area contributed by atoms with Crippen molar-refractivity contribution >= 4 is 0 Å². The second-order valence-corrected chi connectivity index (χ2v) is 7.22. The first-order chi connectivity index (χ1) is 13.8. The van der Waals surface area contributed by atoms with Crippen LogP contribution in [0.2, 0.25) is 0 Å². The fourth-order valence-electron chi connectivity index (χ4n) is 3.32. The van der Waals surface area contributed by atoms with Crippen LogP contribution in [-0.2, 0) is 18.9 Å². The Labute approximate surface area is 168 Å². The average molecular weight is 427 g/mol. The lowest BCUT2D eigenvalue weighted by Crippen LogP contribution is -2.64. The van der Waals surface area contributed by atoms with Gasteiger partial charge in [-0.05, 0) is 25.8 Å². The van der Waals surface area contributed by atoms with Crippen LogP contribution in [0.4, 0.5) is 0 Å². The summed E-state index contributed by atoms with van der Waals surface area (Å²) in [6.07, 6.45) is -12.1. The van der Waals surface area contributed by atoms with E-state index in [2.05, 4.69) is 0 Å². The normalized spacial score (nSPS) is 43.4. The molecule has 29 heavy (non-hydrogen) atoms. The minimum atomic E-state index is -1.70. The van der Waals surface area contributed by atoms with Gasteiger partial charge in [-0.3, -0.25) is 0 Å². The van der Waals surface area contributed by atoms with E-state index in [1.807, 2.05) is 0 Å². The number of aliphatic hydroxyl groups is 7. The van der Waals surface area contributed by atoms with Gasteiger partial charge in [0.2, 0.25) is 0 Å². The maximum Gasteiger partial charge on any atom is 0.187 e. The molecule has 0 aromatic carbocycles. The van der Waals surface area contributed by atoms with Crippen molar-refractivity contribution in [3.05, 3.63) is 0 Å². The van der Waals surface area contributed by atoms with E-state index >= 15 is 0 Å². The second-order valence-electron chi connectivity index (χ2n) is 7.22. The van der Waals surface area contributed by atoms with Gasteiger partial charge >= 0.3 is 0 Å². The molecule has 2 fully saturated rings. The summed E-state index contributed by atoms with van der Waals surface area (Å²) in [5.74, 6) is 0. The molecule has 2 saturated heterocycles. The van der Waals surface area contributed by atoms with Gasteiger partial charge < -0.3 is 60.4 Å². The molecule has 9 N–H and O–H groups in total. The largest absolute Gasteiger partial charge is 0.394 e. The van der Waals surface area contributed by atoms with E-state index in [-0.39, 0.29) is 6.61 Å². The molecule has 0 aliphatic carbocycles. The third-order valence-corrected chi connectivity index (χ3v) is 5.09. The van der Waals surface area contributed by atoms with E-state index in [9.17, 15) is 35.7 Å². The topological polar surface area (TPSA) is 205 Å². The summed E-state index contributed by atoms with van der Waals surface area (Å²) in [5, 5.41) is 69.3. The number of unbranched alkanes of at least 4 members (excludes halogenated alkanes) is 2. The molecule has 0 aromatic rings. The molecule has 0 bridgehead atoms. The molecule has 2 rings (SSSR count). The fraction of sp³-hybridized carbons (Fsp3) is 1.00. The van der Waals surface area contributed by atoms with Crippen LogP contribution in [0.15, 0.2) is 0 Å². The van der Waals surface area contributed by atoms with Gasteiger partial charge in [-0.2, -0.15) is 0 Å². The standard InChI is InChI=1S/C17H33NO11/c18-4-2-1-3-5-26-16-14(25)12(23)15(9(7-20)28-16)29-17-13(24)11(22)10(21)8(6-19)27-17/h8-17,19-25H,1-7,18H2/t8-,9-,10+,11+,12-,13-,14-,15+,16-,17+/m1/s1. The molecule has 12 nitrogen and oxygen atoms in total. The maximum atomic E-state index is 10.4. The number of hydrogen-bond acceptors (Lipinski definition) is 12. The van der Waals surface area contributed by atoms with Crippen molar-refractivity contribution in [3.63, 3.8) is 0 Å². The first kappa shape index (κ1) is 24.8. The van der Waals surface area contributed by atoms with Gasteiger partial charge in [0.15, 0.2) is 12.6 Å². The summed E-state index contributed by atoms with van der Waals surface area (Å²) in [6, 6.07) is 0. The van der Waals surface area contributed by atoms with Gasteiger partial charge in [0.05, 0.1) is 13.2 Å². The van der Waals surface area contributed by atoms with E-state index in [0.29, 0.717) is 13.0 Å². The van der Waals surface area contributed by atoms with Gasteiger partial charge in [0.1, 0.15) is 48.8 Å². The SMILES string of the molecule is NCCCCCO[C@@H]1O[C@H](CO)[C@H](O[C@@H]2O[C@H](CO)[C@H](O)[C@H](O)[C@H]2O)[C@H](O)[C@H]1O. The zero-order valence-corrected chi connectivity index (χ0v) is 16.1. The van der Waals surface area contributed by atoms with Crippen LogP contribution in [0, 0.1) is 0 Å². The Morgan fingerprint density at radius 1 is 0.690 bits per heavy atom. The summed E-state index contributed by atoms with van der Waals surface area (Å²) in [6.45, 7) is -0.435. The van der Waals surface area contributed by atoms with Crippen LogP contribution in [-0.4, -0.2) is 124 Å². The molecule has 2 aliphatic heterocycles. The van der Waals surface area contributed by atoms with E-state index in [4.69, 9.17) is 24.7 Å². The number of aliphatic hydroxyl groups excluding tert-OH is 7. The third kappa shape index (κ3) is 6.03. The molecule has 0 aromatic heterocycles. The van der Waals surface area contributed by atoms with Gasteiger partial charge in [-0.25, -0.2) is 0 Å². The van der Waals surface area contributed by atoms with Crippen molar-refractivity contribution in [2.75, 3.05) is 26.4 Å². The fourth-order valence-corrected chi connectivity index (χ4v) is 3.32. The Kier molecular flexibility index (Phi) is 10.1. The van der Waals surface area contributed by atoms with Crippen LogP contribution in [0.3, 0.4) is 0 Å². The molecule has 172 valence electrons. The molecule has 10 atom stereocenters. The highest BCUT2D eigenvalue weighted by atomic mass is 16.7. The molecule has 0 amide bonds. The van der Waals surface area contributed by atoms with Crippen molar-refractivity contribution in [2.45, 2.75) is 80.7 Å². The van der Waals surface area contributed by atoms with E-state index in [1.54, 1.807) is 0 Å². The van der Waals surface area contributed by atoms with E-state index in [0.717, 1.165) is 12.8 Å². The molecule has 0 saturated carbocycles. The zero-order valence-electron chi connectivity index (χ0n) is 16.1. The van der Waals surface area contributed by atoms with Crippen molar-refractivity contribution in [2.24, 2.45) is 5.73 Å². The highest BCUT2D eigenvalue weighted by molar-refractivity contribution is 4.94. The minimum absolute atomic E-state index is 0.255. The molecule has 0 radical (unpaired) electrons. The van der Waals surface area contributed by atoms with E-state index < -0.39 is 74.6 Å². The Morgan fingerprint density at radius 3 is 1.93 bits per heavy atom. The first-order valence-electron chi connectivity index (χ1n) is 9.75. The van der Waals surface area contributed by atoms with Crippen LogP contribution < -0.4 is 5.73 Å². The van der Waals surface area contributed by atoms with Crippen molar-refractivity contribution in [1.29, 1.82) is 0 Å². The van der Waals surface area contributed by atoms with Crippen molar-refractivity contribution in [3.8, 4) is 0 Å². The quantitative estimate of drug-likeness (QED) is 0.156.